The fourth-order valence-corrected chi connectivity index (χ4v) is 13.1. The zero-order chi connectivity index (χ0) is 102. The molecule has 772 valence electrons. The number of hydrogen-bond acceptors (Lipinski definition) is 39. The van der Waals surface area contributed by atoms with Crippen molar-refractivity contribution < 1.29 is 151 Å². The maximum Gasteiger partial charge on any atom is 0.385 e. The molecule has 46 nitrogen and oxygen atoms in total. The third kappa shape index (κ3) is 148. The second kappa shape index (κ2) is 112. The number of aliphatic hydroxyl groups excluding tert-OH is 4. The molecule has 0 heterocycles. The van der Waals surface area contributed by atoms with Crippen LogP contribution in [0.15, 0.2) is 0 Å². The van der Waals surface area contributed by atoms with Crippen LogP contribution in [-0.4, -0.2) is 310 Å². The van der Waals surface area contributed by atoms with Gasteiger partial charge in [-0.25, -0.2) is 13.9 Å². The third-order valence-corrected chi connectivity index (χ3v) is 22.9. The summed E-state index contributed by atoms with van der Waals surface area (Å²) in [5.74, 6) is -0.899. The van der Waals surface area contributed by atoms with Gasteiger partial charge in [0.15, 0.2) is 20.4 Å². The van der Waals surface area contributed by atoms with Crippen LogP contribution in [0.25, 0.3) is 0 Å². The number of hydrogen-bond donors (Lipinski definition) is 24. The highest BCUT2D eigenvalue weighted by atomic mass is 32.7. The van der Waals surface area contributed by atoms with Gasteiger partial charge in [-0.3, -0.25) is 41.8 Å². The molecule has 0 saturated heterocycles. The van der Waals surface area contributed by atoms with Crippen LogP contribution in [0.5, 0.6) is 0 Å². The van der Waals surface area contributed by atoms with Gasteiger partial charge in [-0.05, 0) is 232 Å². The Morgan fingerprint density at radius 3 is 1.06 bits per heavy atom. The summed E-state index contributed by atoms with van der Waals surface area (Å²) < 4.78 is 80.5. The molecule has 0 rings (SSSR count). The Morgan fingerprint density at radius 2 is 0.843 bits per heavy atom. The Labute approximate surface area is 789 Å². The highest BCUT2D eigenvalue weighted by Gasteiger charge is 2.27. The molecule has 0 aliphatic rings. The maximum absolute atomic E-state index is 10.6. The molecule has 0 aromatic rings. The molecule has 31 N–H and O–H groups in total. The first-order chi connectivity index (χ1) is 58.9. The Bertz CT molecular complexity index is 2690. The van der Waals surface area contributed by atoms with Crippen molar-refractivity contribution in [3.05, 3.63) is 0 Å². The van der Waals surface area contributed by atoms with Gasteiger partial charge in [-0.2, -0.15) is 15.8 Å². The van der Waals surface area contributed by atoms with Gasteiger partial charge >= 0.3 is 45.6 Å². The lowest BCUT2D eigenvalue weighted by Crippen LogP contribution is -2.32. The molecule has 0 spiro atoms. The quantitative estimate of drug-likeness (QED) is 0.0169. The van der Waals surface area contributed by atoms with Crippen molar-refractivity contribution >= 4 is 134 Å². The summed E-state index contributed by atoms with van der Waals surface area (Å²) in [7, 11) is 8.74. The first-order valence-electron chi connectivity index (χ1n) is 40.5. The van der Waals surface area contributed by atoms with E-state index in [1.165, 1.54) is 27.6 Å². The number of carboxylic acids is 2. The van der Waals surface area contributed by atoms with Crippen LogP contribution in [0.3, 0.4) is 0 Å². The molecule has 127 heavy (non-hydrogen) atoms. The molecule has 0 aromatic heterocycles. The summed E-state index contributed by atoms with van der Waals surface area (Å²) in [6.45, 7) is 20.8. The van der Waals surface area contributed by atoms with Crippen molar-refractivity contribution in [1.82, 2.24) is 41.2 Å². The zero-order valence-corrected chi connectivity index (χ0v) is 89.3. The molecule has 12 atom stereocenters. The lowest BCUT2D eigenvalue weighted by molar-refractivity contribution is -0.139. The summed E-state index contributed by atoms with van der Waals surface area (Å²) in [4.78, 5) is 105. The normalized spacial score (nSPS) is 14.3. The average molecular weight is 2090 g/mol. The zero-order valence-electron chi connectivity index (χ0n) is 80.8. The Hall–Kier alpha value is -0.970. The van der Waals surface area contributed by atoms with Crippen LogP contribution in [-0.2, 0) is 121 Å². The van der Waals surface area contributed by atoms with Gasteiger partial charge in [0.2, 0.25) is 13.2 Å². The molecule has 0 fully saturated rings. The van der Waals surface area contributed by atoms with Gasteiger partial charge in [-0.1, -0.05) is 74.5 Å². The highest BCUT2D eigenvalue weighted by Crippen LogP contribution is 2.51. The van der Waals surface area contributed by atoms with Gasteiger partial charge < -0.3 is 158 Å². The second-order valence-electron chi connectivity index (χ2n) is 26.5. The number of carboxylic acid groups (broad SMARTS) is 2. The van der Waals surface area contributed by atoms with Gasteiger partial charge in [0.1, 0.15) is 0 Å². The molecule has 58 heteroatoms. The first kappa shape index (κ1) is 154. The van der Waals surface area contributed by atoms with E-state index in [1.54, 1.807) is 0 Å². The average Bonchev–Trinajstić information content (AvgIpc) is 0.916. The first-order valence-corrected chi connectivity index (χ1v) is 54.8. The molecule has 0 aromatic carbocycles. The van der Waals surface area contributed by atoms with Gasteiger partial charge in [0, 0.05) is 72.8 Å². The number of aliphatic carboxylic acids is 2. The number of aliphatic hydroxyl groups is 4. The number of thiol groups is 1. The van der Waals surface area contributed by atoms with Crippen molar-refractivity contribution in [1.29, 1.82) is 17.2 Å². The maximum atomic E-state index is 10.6. The van der Waals surface area contributed by atoms with E-state index < -0.39 is 83.0 Å². The molecule has 0 aliphatic carbocycles. The fourth-order valence-electron chi connectivity index (χ4n) is 6.22. The predicted molar refractivity (Wildman–Crippen MR) is 521 cm³/mol. The van der Waals surface area contributed by atoms with Crippen LogP contribution in [0.2, 0.25) is 0 Å². The topological polar surface area (TPSA) is 767 Å². The molecule has 12 unspecified atom stereocenters. The molecule has 0 bridgehead atoms. The number of nitrogens with two attached hydrogens (primary N) is 4. The number of nitrogens with zero attached hydrogens (tertiary/aromatic N) is 5. The van der Waals surface area contributed by atoms with E-state index in [0.29, 0.717) is 71.0 Å². The van der Waals surface area contributed by atoms with E-state index in [-0.39, 0.29) is 136 Å². The van der Waals surface area contributed by atoms with Crippen LogP contribution < -0.4 is 54.8 Å². The molecular formula is C69H170N15O31P7S5. The summed E-state index contributed by atoms with van der Waals surface area (Å²) in [5, 5.41) is 86.7. The Morgan fingerprint density at radius 1 is 0.512 bits per heavy atom. The third-order valence-electron chi connectivity index (χ3n) is 12.4. The van der Waals surface area contributed by atoms with E-state index in [4.69, 9.17) is 125 Å². The minimum Gasteiger partial charge on any atom is -0.481 e. The SMILES string of the molecule is CC(C)N(C(C)C)P(O)OCCC#N.CC(C)N(C(C)C)P(O)OCCC#N.CC(CN)CO.CC(CN)COP(O)(=S)OCOP(=O)(O)S.CC(CN)COP(O)(=S)OCOP(O)(O)=S.CCCN.CCCNC.CNC(=O)CCC(=O)O.CNC(=O)CCC(=O)O.CNCC(C)CO.CNCC(C)COP(=S)(OCO)OCCC#N.O.O.[2H]CC(C)CNC.[3H]OC. The minimum atomic E-state index is -3.94. The van der Waals surface area contributed by atoms with Gasteiger partial charge in [0.25, 0.3) is 17.1 Å². The van der Waals surface area contributed by atoms with E-state index in [0.717, 1.165) is 39.1 Å². The van der Waals surface area contributed by atoms with E-state index in [1.807, 2.05) is 146 Å². The van der Waals surface area contributed by atoms with Crippen LogP contribution in [0.4, 0.5) is 0 Å². The predicted octanol–water partition coefficient (Wildman–Crippen LogP) is 4.73. The Balaban J connectivity index is -0.0000000858. The summed E-state index contributed by atoms with van der Waals surface area (Å²) in [5.41, 5.74) is 20.8. The lowest BCUT2D eigenvalue weighted by Gasteiger charge is -2.32. The van der Waals surface area contributed by atoms with Crippen molar-refractivity contribution in [3.8, 4) is 18.2 Å². The number of nitriles is 3. The van der Waals surface area contributed by atoms with Crippen molar-refractivity contribution in [2.75, 3.05) is 175 Å². The lowest BCUT2D eigenvalue weighted by atomic mass is 10.2. The summed E-state index contributed by atoms with van der Waals surface area (Å²) in [6.07, 6.45) is 3.11. The van der Waals surface area contributed by atoms with Gasteiger partial charge in [0.05, 0.1) is 90.0 Å². The number of amides is 2. The highest BCUT2D eigenvalue weighted by molar-refractivity contribution is 8.44. The van der Waals surface area contributed by atoms with Crippen LogP contribution >= 0.6 is 63.0 Å². The largest absolute Gasteiger partial charge is 0.481 e. The van der Waals surface area contributed by atoms with Crippen molar-refractivity contribution in [2.45, 2.75) is 200 Å². The van der Waals surface area contributed by atoms with E-state index >= 15 is 0 Å². The fraction of sp³-hybridized carbons (Fsp3) is 0.899. The smallest absolute Gasteiger partial charge is 0.385 e. The molecule has 0 aliphatic heterocycles. The number of carbonyl (C=O) groups excluding carboxylic acids is 2. The van der Waals surface area contributed by atoms with Crippen molar-refractivity contribution in [3.63, 3.8) is 0 Å². The Kier molecular flexibility index (Phi) is 136. The van der Waals surface area contributed by atoms with Crippen LogP contribution in [0.1, 0.15) is 177 Å². The molecule has 0 saturated carbocycles. The van der Waals surface area contributed by atoms with Crippen molar-refractivity contribution in [2.24, 2.45) is 58.4 Å². The minimum absolute atomic E-state index is 0. The standard InChI is InChI=1S/C9H19N2O4PS.2C9H19N2O2P.2C5H15NO6P2S2.2C5H9NO3.C5H13NO.C5H13N.C4H11NO.C4H11N.C3H9N.CH4O.2H2O/c1-9(6-11-2)7-14-16(17,15-8-12)13-5-3-4-10;2*1-8(2)11(9(3)4)14(12)13-7-5-6-10;2*1-5(2-6)3-10-14(9,16)12-4-11-13(7,8)15;2*1-6-4(7)2-3-5(8)9;1-5(4-7)3-6-2;1-5(2)4-6-3;1-4(2-5)3-6;1-3-4-5-2;1-2-3-4;1-2;;/h9,11-12H,3,5-8H2,1-2H3;2*8-9,12H,5,7H2,1-4H3;2*5H,2-4,6H2,1H3,(H,9,16)(H2,7,8,15);2*2-3H2,1H3,(H,6,7)(H,8,9);5-7H,3-4H2,1-2H3;5-6H,4H2,1-3H3;4,6H,2-3,5H2,1H3;5H,3-4H2,1-2H3;2-4H2,1H3;2H,1H3;2*1H2/i;;;;;;;;1D;;;;2T;;. The molecule has 2 amide bonds. The number of nitrogens with one attached hydrogen (secondary N) is 6. The van der Waals surface area contributed by atoms with Crippen LogP contribution in [0, 0.1) is 69.5 Å². The number of carbonyl (C=O) groups is 4. The molecule has 0 radical (unpaired) electrons. The summed E-state index contributed by atoms with van der Waals surface area (Å²) in [6, 6.07) is 6.86. The van der Waals surface area contributed by atoms with E-state index in [2.05, 4.69) is 124 Å². The second-order valence-corrected chi connectivity index (χ2v) is 43.1. The monoisotopic (exact) mass is 2080 g/mol. The van der Waals surface area contributed by atoms with E-state index in [9.17, 15) is 43.3 Å². The number of rotatable bonds is 54. The summed E-state index contributed by atoms with van der Waals surface area (Å²) >= 11 is 21.7. The van der Waals surface area contributed by atoms with Gasteiger partial charge in [-0.15, -0.1) is 0 Å². The molecular weight excluding hydrogens is 1910 g/mol.